The van der Waals surface area contributed by atoms with Crippen molar-refractivity contribution in [3.8, 4) is 0 Å². The number of thiophene rings is 1. The van der Waals surface area contributed by atoms with Crippen molar-refractivity contribution in [2.24, 2.45) is 0 Å². The molecule has 0 saturated heterocycles. The Hall–Kier alpha value is -1.29. The molecule has 0 N–H and O–H groups in total. The molecule has 0 amide bonds. The largest absolute Gasteiger partial charge is 0.266 e. The molecule has 0 fully saturated rings. The summed E-state index contributed by atoms with van der Waals surface area (Å²) in [6, 6.07) is 7.85. The molecule has 0 spiro atoms. The van der Waals surface area contributed by atoms with Gasteiger partial charge in [-0.1, -0.05) is 6.07 Å². The highest BCUT2D eigenvalue weighted by molar-refractivity contribution is 7.11. The Balaban J connectivity index is 2.25. The highest BCUT2D eigenvalue weighted by atomic mass is 32.1. The lowest BCUT2D eigenvalue weighted by Gasteiger charge is -2.05. The molecule has 0 aliphatic heterocycles. The molecular weight excluding hydrogens is 245 g/mol. The van der Waals surface area contributed by atoms with E-state index in [0.717, 1.165) is 10.9 Å². The lowest BCUT2D eigenvalue weighted by molar-refractivity contribution is 0.146. The molecule has 0 bridgehead atoms. The number of hydrogen-bond donors (Lipinski definition) is 0. The first kappa shape index (κ1) is 12.2. The summed E-state index contributed by atoms with van der Waals surface area (Å²) in [6.45, 7) is 1.99. The molecule has 17 heavy (non-hydrogen) atoms. The van der Waals surface area contributed by atoms with Crippen molar-refractivity contribution in [2.45, 2.75) is 19.8 Å². The number of halogens is 3. The van der Waals surface area contributed by atoms with Crippen molar-refractivity contribution >= 4 is 11.3 Å². The van der Waals surface area contributed by atoms with Crippen LogP contribution in [-0.4, -0.2) is 0 Å². The van der Waals surface area contributed by atoms with E-state index < -0.39 is 17.8 Å². The van der Waals surface area contributed by atoms with Crippen molar-refractivity contribution in [1.29, 1.82) is 0 Å². The Morgan fingerprint density at radius 1 is 1.18 bits per heavy atom. The third-order valence-corrected chi connectivity index (χ3v) is 3.47. The van der Waals surface area contributed by atoms with E-state index in [9.17, 15) is 13.2 Å². The van der Waals surface area contributed by atoms with E-state index in [1.807, 2.05) is 19.1 Å². The fourth-order valence-corrected chi connectivity index (χ4v) is 2.58. The maximum atomic E-state index is 13.1. The smallest absolute Gasteiger partial charge is 0.206 e. The average Bonchev–Trinajstić information content (AvgIpc) is 2.66. The highest BCUT2D eigenvalue weighted by Gasteiger charge is 2.13. The Labute approximate surface area is 102 Å². The molecule has 0 aliphatic rings. The zero-order valence-electron chi connectivity index (χ0n) is 9.21. The Morgan fingerprint density at radius 3 is 2.53 bits per heavy atom. The van der Waals surface area contributed by atoms with Gasteiger partial charge in [-0.25, -0.2) is 13.2 Å². The van der Waals surface area contributed by atoms with Crippen LogP contribution in [0.4, 0.5) is 13.2 Å². The maximum Gasteiger partial charge on any atom is 0.266 e. The van der Waals surface area contributed by atoms with Crippen molar-refractivity contribution in [3.05, 3.63) is 57.0 Å². The summed E-state index contributed by atoms with van der Waals surface area (Å²) in [5, 5.41) is 0. The molecule has 0 nitrogen and oxygen atoms in total. The van der Waals surface area contributed by atoms with Gasteiger partial charge in [0.15, 0.2) is 0 Å². The van der Waals surface area contributed by atoms with Crippen LogP contribution in [0.2, 0.25) is 0 Å². The third kappa shape index (κ3) is 2.88. The predicted molar refractivity (Wildman–Crippen MR) is 63.2 cm³/mol. The number of alkyl halides is 2. The summed E-state index contributed by atoms with van der Waals surface area (Å²) in [4.78, 5) is 2.27. The second-order valence-electron chi connectivity index (χ2n) is 3.85. The lowest BCUT2D eigenvalue weighted by Crippen LogP contribution is -1.94. The van der Waals surface area contributed by atoms with E-state index in [2.05, 4.69) is 0 Å². The summed E-state index contributed by atoms with van der Waals surface area (Å²) >= 11 is 1.62. The SMILES string of the molecule is Cc1ccc(Cc2ccc(F)c(C(F)F)c2)s1. The first-order chi connectivity index (χ1) is 8.06. The molecule has 4 heteroatoms. The van der Waals surface area contributed by atoms with Crippen LogP contribution < -0.4 is 0 Å². The first-order valence-electron chi connectivity index (χ1n) is 5.18. The van der Waals surface area contributed by atoms with Crippen LogP contribution >= 0.6 is 11.3 Å². The molecule has 1 aromatic carbocycles. The van der Waals surface area contributed by atoms with Gasteiger partial charge in [-0.15, -0.1) is 11.3 Å². The predicted octanol–water partition coefficient (Wildman–Crippen LogP) is 4.72. The molecule has 1 heterocycles. The van der Waals surface area contributed by atoms with Crippen LogP contribution in [-0.2, 0) is 6.42 Å². The summed E-state index contributed by atoms with van der Waals surface area (Å²) in [5.74, 6) is -0.842. The molecule has 2 rings (SSSR count). The zero-order valence-corrected chi connectivity index (χ0v) is 10.0. The second-order valence-corrected chi connectivity index (χ2v) is 5.22. The van der Waals surface area contributed by atoms with Gasteiger partial charge in [0.2, 0.25) is 0 Å². The van der Waals surface area contributed by atoms with Crippen LogP contribution in [0.25, 0.3) is 0 Å². The van der Waals surface area contributed by atoms with Gasteiger partial charge >= 0.3 is 0 Å². The first-order valence-corrected chi connectivity index (χ1v) is 5.99. The van der Waals surface area contributed by atoms with Crippen LogP contribution in [0.3, 0.4) is 0 Å². The summed E-state index contributed by atoms with van der Waals surface area (Å²) in [6.07, 6.45) is -2.20. The number of hydrogen-bond acceptors (Lipinski definition) is 1. The number of benzene rings is 1. The summed E-state index contributed by atoms with van der Waals surface area (Å²) in [5.41, 5.74) is 0.194. The molecule has 0 atom stereocenters. The Morgan fingerprint density at radius 2 is 1.94 bits per heavy atom. The van der Waals surface area contributed by atoms with E-state index in [4.69, 9.17) is 0 Å². The van der Waals surface area contributed by atoms with E-state index >= 15 is 0 Å². The Kier molecular flexibility index (Phi) is 3.52. The van der Waals surface area contributed by atoms with Crippen LogP contribution in [0.5, 0.6) is 0 Å². The fraction of sp³-hybridized carbons (Fsp3) is 0.231. The van der Waals surface area contributed by atoms with Gasteiger partial charge in [0.05, 0.1) is 5.56 Å². The normalized spacial score (nSPS) is 11.1. The van der Waals surface area contributed by atoms with Gasteiger partial charge in [0.25, 0.3) is 6.43 Å². The van der Waals surface area contributed by atoms with E-state index in [1.54, 1.807) is 17.4 Å². The fourth-order valence-electron chi connectivity index (χ4n) is 1.65. The van der Waals surface area contributed by atoms with Crippen LogP contribution in [0, 0.1) is 12.7 Å². The van der Waals surface area contributed by atoms with Gasteiger partial charge in [0, 0.05) is 16.2 Å². The van der Waals surface area contributed by atoms with Crippen molar-refractivity contribution in [1.82, 2.24) is 0 Å². The highest BCUT2D eigenvalue weighted by Crippen LogP contribution is 2.25. The zero-order chi connectivity index (χ0) is 12.4. The minimum Gasteiger partial charge on any atom is -0.206 e. The maximum absolute atomic E-state index is 13.1. The van der Waals surface area contributed by atoms with E-state index in [-0.39, 0.29) is 0 Å². The Bertz CT molecular complexity index is 517. The van der Waals surface area contributed by atoms with Crippen LogP contribution in [0.15, 0.2) is 30.3 Å². The number of rotatable bonds is 3. The van der Waals surface area contributed by atoms with Gasteiger partial charge in [-0.3, -0.25) is 0 Å². The summed E-state index contributed by atoms with van der Waals surface area (Å²) < 4.78 is 38.1. The molecule has 90 valence electrons. The minimum atomic E-state index is -2.76. The monoisotopic (exact) mass is 256 g/mol. The van der Waals surface area contributed by atoms with Gasteiger partial charge < -0.3 is 0 Å². The standard InChI is InChI=1S/C13H11F3S/c1-8-2-4-10(17-8)6-9-3-5-12(14)11(7-9)13(15)16/h2-5,7,13H,6H2,1H3. The second kappa shape index (κ2) is 4.92. The minimum absolute atomic E-state index is 0.518. The molecule has 0 saturated carbocycles. The third-order valence-electron chi connectivity index (χ3n) is 2.47. The molecule has 0 radical (unpaired) electrons. The lowest BCUT2D eigenvalue weighted by atomic mass is 10.1. The molecule has 0 aliphatic carbocycles. The van der Waals surface area contributed by atoms with Gasteiger partial charge in [0.1, 0.15) is 5.82 Å². The quantitative estimate of drug-likeness (QED) is 0.745. The molecule has 0 unspecified atom stereocenters. The van der Waals surface area contributed by atoms with E-state index in [0.29, 0.717) is 12.0 Å². The molecule has 2 aromatic rings. The van der Waals surface area contributed by atoms with Crippen molar-refractivity contribution in [2.75, 3.05) is 0 Å². The molecule has 1 aromatic heterocycles. The van der Waals surface area contributed by atoms with E-state index in [1.165, 1.54) is 10.9 Å². The van der Waals surface area contributed by atoms with Crippen LogP contribution in [0.1, 0.15) is 27.3 Å². The van der Waals surface area contributed by atoms with Gasteiger partial charge in [-0.2, -0.15) is 0 Å². The average molecular weight is 256 g/mol. The summed E-state index contributed by atoms with van der Waals surface area (Å²) in [7, 11) is 0. The molecular formula is C13H11F3S. The topological polar surface area (TPSA) is 0 Å². The van der Waals surface area contributed by atoms with Gasteiger partial charge in [-0.05, 0) is 36.8 Å². The van der Waals surface area contributed by atoms with Crippen molar-refractivity contribution in [3.63, 3.8) is 0 Å². The van der Waals surface area contributed by atoms with Crippen molar-refractivity contribution < 1.29 is 13.2 Å². The number of aryl methyl sites for hydroxylation is 1.